The summed E-state index contributed by atoms with van der Waals surface area (Å²) >= 11 is 0. The number of nitrogens with one attached hydrogen (secondary N) is 1. The second-order valence-electron chi connectivity index (χ2n) is 7.22. The highest BCUT2D eigenvalue weighted by Gasteiger charge is 2.23. The van der Waals surface area contributed by atoms with Gasteiger partial charge in [-0.05, 0) is 37.3 Å². The number of aromatic hydroxyl groups is 1. The molecule has 2 aromatic heterocycles. The van der Waals surface area contributed by atoms with Crippen LogP contribution in [0.5, 0.6) is 17.2 Å². The molecule has 1 unspecified atom stereocenters. The Bertz CT molecular complexity index is 1310. The molecule has 9 nitrogen and oxygen atoms in total. The van der Waals surface area contributed by atoms with Crippen LogP contribution in [0, 0.1) is 6.92 Å². The van der Waals surface area contributed by atoms with Gasteiger partial charge in [0.15, 0.2) is 6.23 Å². The van der Waals surface area contributed by atoms with Crippen molar-refractivity contribution in [1.82, 2.24) is 14.3 Å². The smallest absolute Gasteiger partial charge is 0.279 e. The monoisotopic (exact) mass is 433 g/mol. The van der Waals surface area contributed by atoms with E-state index in [9.17, 15) is 15.0 Å². The van der Waals surface area contributed by atoms with E-state index in [4.69, 9.17) is 10.5 Å². The van der Waals surface area contributed by atoms with E-state index in [1.54, 1.807) is 42.9 Å². The zero-order valence-corrected chi connectivity index (χ0v) is 17.6. The predicted molar refractivity (Wildman–Crippen MR) is 121 cm³/mol. The molecule has 9 heteroatoms. The van der Waals surface area contributed by atoms with Crippen LogP contribution >= 0.6 is 0 Å². The third-order valence-electron chi connectivity index (χ3n) is 5.12. The van der Waals surface area contributed by atoms with Crippen molar-refractivity contribution in [3.05, 3.63) is 88.5 Å². The molecule has 0 saturated heterocycles. The van der Waals surface area contributed by atoms with Crippen LogP contribution in [0.15, 0.2) is 71.7 Å². The first-order valence-corrected chi connectivity index (χ1v) is 9.86. The topological polar surface area (TPSA) is 128 Å². The largest absolute Gasteiger partial charge is 0.506 e. The van der Waals surface area contributed by atoms with Gasteiger partial charge >= 0.3 is 0 Å². The van der Waals surface area contributed by atoms with Crippen molar-refractivity contribution in [3.8, 4) is 22.9 Å². The molecule has 0 spiro atoms. The molecule has 2 aromatic carbocycles. The van der Waals surface area contributed by atoms with Crippen molar-refractivity contribution >= 4 is 11.5 Å². The molecular weight excluding hydrogens is 410 g/mol. The highest BCUT2D eigenvalue weighted by atomic mass is 16.5. The summed E-state index contributed by atoms with van der Waals surface area (Å²) < 4.78 is 8.82. The van der Waals surface area contributed by atoms with Crippen LogP contribution in [0.4, 0.5) is 11.5 Å². The summed E-state index contributed by atoms with van der Waals surface area (Å²) in [7, 11) is 1.75. The van der Waals surface area contributed by atoms with Gasteiger partial charge in [-0.15, -0.1) is 0 Å². The van der Waals surface area contributed by atoms with Gasteiger partial charge in [0.2, 0.25) is 0 Å². The maximum absolute atomic E-state index is 13.1. The van der Waals surface area contributed by atoms with E-state index in [1.807, 2.05) is 30.3 Å². The highest BCUT2D eigenvalue weighted by molar-refractivity contribution is 5.59. The number of hydrogen-bond donors (Lipinski definition) is 4. The minimum absolute atomic E-state index is 0.152. The normalized spacial score (nSPS) is 11.8. The molecule has 0 bridgehead atoms. The number of nitrogen functional groups attached to an aromatic ring is 1. The number of aromatic nitrogens is 3. The summed E-state index contributed by atoms with van der Waals surface area (Å²) in [5.41, 5.74) is 6.99. The quantitative estimate of drug-likeness (QED) is 0.272. The summed E-state index contributed by atoms with van der Waals surface area (Å²) in [6.45, 7) is 1.75. The van der Waals surface area contributed by atoms with E-state index < -0.39 is 6.23 Å². The average molecular weight is 433 g/mol. The Hall–Kier alpha value is -4.24. The number of benzene rings is 2. The summed E-state index contributed by atoms with van der Waals surface area (Å²) in [5, 5.41) is 24.0. The molecule has 164 valence electrons. The Labute approximate surface area is 183 Å². The molecule has 2 heterocycles. The van der Waals surface area contributed by atoms with Crippen LogP contribution in [-0.4, -0.2) is 24.6 Å². The summed E-state index contributed by atoms with van der Waals surface area (Å²) in [4.78, 5) is 17.0. The number of nitrogens with two attached hydrogens (primary N) is 1. The number of para-hydroxylation sites is 1. The molecule has 4 aromatic rings. The van der Waals surface area contributed by atoms with Crippen LogP contribution in [0.2, 0.25) is 0 Å². The third kappa shape index (κ3) is 4.01. The zero-order valence-electron chi connectivity index (χ0n) is 17.6. The Morgan fingerprint density at radius 3 is 2.50 bits per heavy atom. The number of phenols is 1. The van der Waals surface area contributed by atoms with E-state index in [0.717, 1.165) is 0 Å². The van der Waals surface area contributed by atoms with Crippen LogP contribution < -0.4 is 21.3 Å². The molecule has 32 heavy (non-hydrogen) atoms. The second kappa shape index (κ2) is 8.48. The maximum Gasteiger partial charge on any atom is 0.279 e. The van der Waals surface area contributed by atoms with Crippen LogP contribution in [0.3, 0.4) is 0 Å². The molecule has 0 aliphatic rings. The lowest BCUT2D eigenvalue weighted by molar-refractivity contribution is 0.205. The first-order chi connectivity index (χ1) is 15.3. The molecule has 0 radical (unpaired) electrons. The molecule has 0 aliphatic heterocycles. The molecule has 4 rings (SSSR count). The van der Waals surface area contributed by atoms with E-state index in [-0.39, 0.29) is 22.6 Å². The number of anilines is 2. The van der Waals surface area contributed by atoms with Gasteiger partial charge in [0.1, 0.15) is 23.1 Å². The maximum atomic E-state index is 13.1. The highest BCUT2D eigenvalue weighted by Crippen LogP contribution is 2.33. The number of pyridine rings is 1. The van der Waals surface area contributed by atoms with Gasteiger partial charge in [-0.25, -0.2) is 9.67 Å². The SMILES string of the molecule is Cc1c(C(O)Nc2ccc(Oc3ccnc(N)c3)cc2O)c(=O)n(-c2ccccc2)n1C. The number of hydrogen-bond acceptors (Lipinski definition) is 7. The summed E-state index contributed by atoms with van der Waals surface area (Å²) in [6.07, 6.45) is 0.178. The predicted octanol–water partition coefficient (Wildman–Crippen LogP) is 3.06. The minimum atomic E-state index is -1.34. The second-order valence-corrected chi connectivity index (χ2v) is 7.22. The van der Waals surface area contributed by atoms with E-state index in [2.05, 4.69) is 10.3 Å². The molecule has 5 N–H and O–H groups in total. The van der Waals surface area contributed by atoms with Gasteiger partial charge < -0.3 is 26.0 Å². The molecule has 0 saturated carbocycles. The molecule has 1 atom stereocenters. The Morgan fingerprint density at radius 1 is 1.09 bits per heavy atom. The van der Waals surface area contributed by atoms with Gasteiger partial charge in [0.25, 0.3) is 5.56 Å². The number of rotatable bonds is 6. The number of aliphatic hydroxyl groups is 1. The van der Waals surface area contributed by atoms with Gasteiger partial charge in [-0.3, -0.25) is 9.48 Å². The Kier molecular flexibility index (Phi) is 5.57. The van der Waals surface area contributed by atoms with Crippen molar-refractivity contribution in [2.45, 2.75) is 13.2 Å². The first kappa shape index (κ1) is 21.0. The number of nitrogens with zero attached hydrogens (tertiary/aromatic N) is 3. The number of phenolic OH excluding ortho intramolecular Hbond substituents is 1. The van der Waals surface area contributed by atoms with Crippen LogP contribution in [0.25, 0.3) is 5.69 Å². The van der Waals surface area contributed by atoms with Crippen molar-refractivity contribution in [2.75, 3.05) is 11.1 Å². The number of aliphatic hydroxyl groups excluding tert-OH is 1. The van der Waals surface area contributed by atoms with Gasteiger partial charge in [0.05, 0.1) is 16.9 Å². The van der Waals surface area contributed by atoms with Crippen LogP contribution in [-0.2, 0) is 7.05 Å². The number of ether oxygens (including phenoxy) is 1. The molecule has 0 amide bonds. The lowest BCUT2D eigenvalue weighted by atomic mass is 10.2. The van der Waals surface area contributed by atoms with Gasteiger partial charge in [-0.1, -0.05) is 18.2 Å². The van der Waals surface area contributed by atoms with E-state index >= 15 is 0 Å². The molecule has 0 aliphatic carbocycles. The molecule has 0 fully saturated rings. The van der Waals surface area contributed by atoms with Crippen molar-refractivity contribution in [3.63, 3.8) is 0 Å². The Balaban J connectivity index is 1.58. The van der Waals surface area contributed by atoms with Gasteiger partial charge in [0, 0.05) is 31.1 Å². The Morgan fingerprint density at radius 2 is 1.81 bits per heavy atom. The minimum Gasteiger partial charge on any atom is -0.506 e. The fourth-order valence-corrected chi connectivity index (χ4v) is 3.45. The summed E-state index contributed by atoms with van der Waals surface area (Å²) in [6, 6.07) is 16.9. The summed E-state index contributed by atoms with van der Waals surface area (Å²) in [5.74, 6) is 1.00. The fourth-order valence-electron chi connectivity index (χ4n) is 3.45. The standard InChI is InChI=1S/C23H23N5O4/c1-14-21(23(31)28(27(14)2)15-6-4-3-5-7-15)22(30)26-18-9-8-16(12-19(18)29)32-17-10-11-25-20(24)13-17/h3-13,22,26,29-30H,1-2H3,(H2,24,25). The van der Waals surface area contributed by atoms with E-state index in [0.29, 0.717) is 28.7 Å². The molecular formula is C23H23N5O4. The van der Waals surface area contributed by atoms with Crippen molar-refractivity contribution < 1.29 is 14.9 Å². The zero-order chi connectivity index (χ0) is 22.8. The van der Waals surface area contributed by atoms with E-state index in [1.165, 1.54) is 16.9 Å². The first-order valence-electron chi connectivity index (χ1n) is 9.86. The van der Waals surface area contributed by atoms with Gasteiger partial charge in [-0.2, -0.15) is 0 Å². The average Bonchev–Trinajstić information content (AvgIpc) is 2.99. The van der Waals surface area contributed by atoms with Crippen LogP contribution in [0.1, 0.15) is 17.5 Å². The van der Waals surface area contributed by atoms with Crippen molar-refractivity contribution in [1.29, 1.82) is 0 Å². The third-order valence-corrected chi connectivity index (χ3v) is 5.12. The van der Waals surface area contributed by atoms with Crippen molar-refractivity contribution in [2.24, 2.45) is 7.05 Å². The fraction of sp³-hybridized carbons (Fsp3) is 0.130. The lowest BCUT2D eigenvalue weighted by Crippen LogP contribution is -2.24. The lowest BCUT2D eigenvalue weighted by Gasteiger charge is -2.15.